The largest absolute Gasteiger partial charge is 0.130 e. The van der Waals surface area contributed by atoms with Crippen LogP contribution in [0.25, 0.3) is 0 Å². The van der Waals surface area contributed by atoms with Crippen molar-refractivity contribution in [1.29, 1.82) is 0 Å². The van der Waals surface area contributed by atoms with Gasteiger partial charge in [0.2, 0.25) is 0 Å². The minimum Gasteiger partial charge on any atom is -0.130 e. The zero-order valence-electron chi connectivity index (χ0n) is 4.17. The molecule has 0 aromatic heterocycles. The maximum Gasteiger partial charge on any atom is -0.00481 e. The van der Waals surface area contributed by atoms with E-state index >= 15 is 0 Å². The first-order valence-electron chi connectivity index (χ1n) is 2.48. The molecular weight excluding hydrogens is 103 g/mol. The second-order valence-electron chi connectivity index (χ2n) is 1.71. The third kappa shape index (κ3) is 1.44. The average molecular weight is 112 g/mol. The van der Waals surface area contributed by atoms with Gasteiger partial charge in [-0.05, 0) is 12.1 Å². The zero-order valence-corrected chi connectivity index (χ0v) is 5.33. The summed E-state index contributed by atoms with van der Waals surface area (Å²) in [6.07, 6.45) is 9.71. The Labute approximate surface area is 46.5 Å². The molecule has 38 valence electrons. The average Bonchev–Trinajstić information content (AvgIpc) is 1.69. The van der Waals surface area contributed by atoms with Crippen molar-refractivity contribution < 1.29 is 0 Å². The summed E-state index contributed by atoms with van der Waals surface area (Å²) in [7, 11) is 2.77. The molecule has 7 heavy (non-hydrogen) atoms. The van der Waals surface area contributed by atoms with Crippen LogP contribution in [0.3, 0.4) is 0 Å². The van der Waals surface area contributed by atoms with E-state index in [9.17, 15) is 0 Å². The predicted octanol–water partition coefficient (Wildman–Crippen LogP) is 1.75. The molecule has 2 atom stereocenters. The van der Waals surface area contributed by atoms with Crippen LogP contribution in [0.4, 0.5) is 0 Å². The van der Waals surface area contributed by atoms with Gasteiger partial charge in [-0.15, -0.1) is 9.24 Å². The van der Waals surface area contributed by atoms with Crippen molar-refractivity contribution in [3.63, 3.8) is 0 Å². The highest BCUT2D eigenvalue weighted by Crippen LogP contribution is 2.11. The van der Waals surface area contributed by atoms with Gasteiger partial charge in [-0.25, -0.2) is 0 Å². The molecule has 0 radical (unpaired) electrons. The van der Waals surface area contributed by atoms with Crippen molar-refractivity contribution in [2.75, 3.05) is 0 Å². The van der Waals surface area contributed by atoms with Crippen LogP contribution in [0.2, 0.25) is 0 Å². The number of allylic oxidation sites excluding steroid dienone is 4. The summed E-state index contributed by atoms with van der Waals surface area (Å²) in [5, 5.41) is 0. The Balaban J connectivity index is 2.49. The van der Waals surface area contributed by atoms with E-state index in [1.54, 1.807) is 0 Å². The Morgan fingerprint density at radius 1 is 1.43 bits per heavy atom. The molecular formula is C6H9P. The number of rotatable bonds is 0. The van der Waals surface area contributed by atoms with Crippen LogP contribution in [-0.4, -0.2) is 5.66 Å². The molecule has 1 rings (SSSR count). The zero-order chi connectivity index (χ0) is 5.11. The highest BCUT2D eigenvalue weighted by molar-refractivity contribution is 7.17. The fourth-order valence-electron chi connectivity index (χ4n) is 0.600. The molecule has 0 saturated carbocycles. The van der Waals surface area contributed by atoms with Crippen molar-refractivity contribution in [2.45, 2.75) is 12.1 Å². The Morgan fingerprint density at radius 3 is 2.57 bits per heavy atom. The summed E-state index contributed by atoms with van der Waals surface area (Å²) in [6.45, 7) is 0. The number of hydrogen-bond acceptors (Lipinski definition) is 0. The fourth-order valence-corrected chi connectivity index (χ4v) is 0.885. The van der Waals surface area contributed by atoms with Gasteiger partial charge in [0.05, 0.1) is 0 Å². The van der Waals surface area contributed by atoms with Gasteiger partial charge in [-0.1, -0.05) is 24.3 Å². The van der Waals surface area contributed by atoms with Gasteiger partial charge in [0.25, 0.3) is 0 Å². The van der Waals surface area contributed by atoms with Gasteiger partial charge >= 0.3 is 0 Å². The Bertz CT molecular complexity index is 103. The van der Waals surface area contributed by atoms with E-state index in [1.807, 2.05) is 0 Å². The van der Waals surface area contributed by atoms with E-state index in [0.717, 1.165) is 0 Å². The second kappa shape index (κ2) is 2.28. The summed E-state index contributed by atoms with van der Waals surface area (Å²) >= 11 is 0. The molecule has 0 aromatic carbocycles. The third-order valence-corrected chi connectivity index (χ3v) is 1.51. The normalized spacial score (nSPS) is 28.4. The van der Waals surface area contributed by atoms with Crippen LogP contribution in [0.15, 0.2) is 24.3 Å². The Morgan fingerprint density at radius 2 is 2.29 bits per heavy atom. The monoisotopic (exact) mass is 112 g/mol. The van der Waals surface area contributed by atoms with Crippen LogP contribution in [-0.2, 0) is 0 Å². The molecule has 0 aromatic rings. The lowest BCUT2D eigenvalue weighted by atomic mass is 10.2. The lowest BCUT2D eigenvalue weighted by molar-refractivity contribution is 1.06. The van der Waals surface area contributed by atoms with Crippen LogP contribution >= 0.6 is 9.24 Å². The molecule has 1 aliphatic rings. The molecule has 0 amide bonds. The molecule has 0 aliphatic heterocycles. The van der Waals surface area contributed by atoms with Crippen molar-refractivity contribution in [3.8, 4) is 0 Å². The highest BCUT2D eigenvalue weighted by Gasteiger charge is 1.93. The van der Waals surface area contributed by atoms with Crippen LogP contribution in [0.1, 0.15) is 6.42 Å². The van der Waals surface area contributed by atoms with Crippen LogP contribution < -0.4 is 0 Å². The summed E-state index contributed by atoms with van der Waals surface area (Å²) in [5.74, 6) is 0. The molecule has 0 fully saturated rings. The maximum absolute atomic E-state index is 2.77. The molecule has 0 heterocycles. The second-order valence-corrected chi connectivity index (χ2v) is 2.57. The first-order chi connectivity index (χ1) is 3.39. The van der Waals surface area contributed by atoms with Gasteiger partial charge in [-0.2, -0.15) is 0 Å². The van der Waals surface area contributed by atoms with Crippen LogP contribution in [0, 0.1) is 0 Å². The predicted molar refractivity (Wildman–Crippen MR) is 36.4 cm³/mol. The van der Waals surface area contributed by atoms with E-state index in [2.05, 4.69) is 33.5 Å². The Kier molecular flexibility index (Phi) is 1.64. The highest BCUT2D eigenvalue weighted by atomic mass is 31.0. The molecule has 0 bridgehead atoms. The first kappa shape index (κ1) is 5.05. The molecule has 0 nitrogen and oxygen atoms in total. The summed E-state index contributed by atoms with van der Waals surface area (Å²) in [5.41, 5.74) is 0.685. The fraction of sp³-hybridized carbons (Fsp3) is 0.333. The van der Waals surface area contributed by atoms with Crippen molar-refractivity contribution in [3.05, 3.63) is 24.3 Å². The maximum atomic E-state index is 2.77. The van der Waals surface area contributed by atoms with E-state index < -0.39 is 0 Å². The van der Waals surface area contributed by atoms with Gasteiger partial charge in [0.15, 0.2) is 0 Å². The quantitative estimate of drug-likeness (QED) is 0.419. The van der Waals surface area contributed by atoms with E-state index in [-0.39, 0.29) is 0 Å². The van der Waals surface area contributed by atoms with Gasteiger partial charge < -0.3 is 0 Å². The van der Waals surface area contributed by atoms with E-state index in [1.165, 1.54) is 6.42 Å². The van der Waals surface area contributed by atoms with E-state index in [0.29, 0.717) is 5.66 Å². The molecule has 1 aliphatic carbocycles. The third-order valence-electron chi connectivity index (χ3n) is 1.01. The smallest absolute Gasteiger partial charge is 0.00481 e. The SMILES string of the molecule is PC1C=CC=CC1. The van der Waals surface area contributed by atoms with E-state index in [4.69, 9.17) is 0 Å². The lowest BCUT2D eigenvalue weighted by Gasteiger charge is -2.02. The van der Waals surface area contributed by atoms with Crippen molar-refractivity contribution >= 4 is 9.24 Å². The molecule has 0 spiro atoms. The van der Waals surface area contributed by atoms with Gasteiger partial charge in [0, 0.05) is 0 Å². The Hall–Kier alpha value is -0.0900. The summed E-state index contributed by atoms with van der Waals surface area (Å²) < 4.78 is 0. The lowest BCUT2D eigenvalue weighted by Crippen LogP contribution is -1.90. The molecule has 1 heteroatoms. The molecule has 0 saturated heterocycles. The summed E-state index contributed by atoms with van der Waals surface area (Å²) in [6, 6.07) is 0. The molecule has 0 N–H and O–H groups in total. The topological polar surface area (TPSA) is 0 Å². The molecule has 2 unspecified atom stereocenters. The minimum absolute atomic E-state index is 0.685. The number of hydrogen-bond donors (Lipinski definition) is 0. The first-order valence-corrected chi connectivity index (χ1v) is 3.15. The van der Waals surface area contributed by atoms with Crippen LogP contribution in [0.5, 0.6) is 0 Å². The van der Waals surface area contributed by atoms with Gasteiger partial charge in [-0.3, -0.25) is 0 Å². The van der Waals surface area contributed by atoms with Crippen molar-refractivity contribution in [2.24, 2.45) is 0 Å². The summed E-state index contributed by atoms with van der Waals surface area (Å²) in [4.78, 5) is 0. The standard InChI is InChI=1S/C6H9P/c7-6-4-2-1-3-5-6/h1-4,6H,5,7H2. The minimum atomic E-state index is 0.685. The van der Waals surface area contributed by atoms with Gasteiger partial charge in [0.1, 0.15) is 0 Å². The van der Waals surface area contributed by atoms with Crippen molar-refractivity contribution in [1.82, 2.24) is 0 Å².